The van der Waals surface area contributed by atoms with E-state index in [4.69, 9.17) is 4.74 Å². The van der Waals surface area contributed by atoms with Crippen LogP contribution in [0.15, 0.2) is 60.4 Å². The molecule has 0 saturated carbocycles. The van der Waals surface area contributed by atoms with Crippen LogP contribution in [-0.2, 0) is 26.8 Å². The van der Waals surface area contributed by atoms with Gasteiger partial charge in [0.25, 0.3) is 25.2 Å². The van der Waals surface area contributed by atoms with Crippen LogP contribution in [-0.4, -0.2) is 58.1 Å². The SMILES string of the molecule is CCC(=C1N(C)c2ccc(OC)cc2N1CCCS(=O)(=O)O)c1sc2ccc3ccccc3c2[n+]1CCCS(=O)(=O)O. The number of anilines is 2. The molecule has 0 fully saturated rings. The van der Waals surface area contributed by atoms with Crippen molar-refractivity contribution in [1.82, 2.24) is 0 Å². The van der Waals surface area contributed by atoms with Crippen molar-refractivity contribution in [2.45, 2.75) is 32.7 Å². The normalized spacial score (nSPS) is 15.1. The molecule has 1 aliphatic heterocycles. The molecular formula is C29H34N3O7S3+. The predicted octanol–water partition coefficient (Wildman–Crippen LogP) is 4.94. The van der Waals surface area contributed by atoms with Crippen LogP contribution in [0, 0.1) is 0 Å². The zero-order chi connectivity index (χ0) is 30.2. The number of benzene rings is 3. The van der Waals surface area contributed by atoms with E-state index in [9.17, 15) is 25.9 Å². The third kappa shape index (κ3) is 6.11. The summed E-state index contributed by atoms with van der Waals surface area (Å²) in [7, 11) is -4.71. The molecule has 0 aliphatic carbocycles. The molecule has 2 heterocycles. The highest BCUT2D eigenvalue weighted by Gasteiger charge is 2.36. The number of methoxy groups -OCH3 is 1. The van der Waals surface area contributed by atoms with E-state index in [0.29, 0.717) is 25.3 Å². The first-order chi connectivity index (χ1) is 19.9. The van der Waals surface area contributed by atoms with Crippen LogP contribution in [0.3, 0.4) is 0 Å². The summed E-state index contributed by atoms with van der Waals surface area (Å²) in [6.45, 7) is 2.76. The van der Waals surface area contributed by atoms with Crippen molar-refractivity contribution in [3.63, 3.8) is 0 Å². The Bertz CT molecular complexity index is 1900. The Labute approximate surface area is 249 Å². The van der Waals surface area contributed by atoms with Crippen LogP contribution in [0.25, 0.3) is 26.6 Å². The van der Waals surface area contributed by atoms with Crippen molar-refractivity contribution in [2.75, 3.05) is 42.0 Å². The average Bonchev–Trinajstić information content (AvgIpc) is 3.43. The zero-order valence-corrected chi connectivity index (χ0v) is 26.1. The van der Waals surface area contributed by atoms with Gasteiger partial charge in [-0.15, -0.1) is 0 Å². The molecule has 0 unspecified atom stereocenters. The van der Waals surface area contributed by atoms with Gasteiger partial charge in [-0.05, 0) is 42.5 Å². The summed E-state index contributed by atoms with van der Waals surface area (Å²) in [5.74, 6) is 0.809. The lowest BCUT2D eigenvalue weighted by Gasteiger charge is -2.25. The predicted molar refractivity (Wildman–Crippen MR) is 168 cm³/mol. The highest BCUT2D eigenvalue weighted by Crippen LogP contribution is 2.46. The average molecular weight is 633 g/mol. The number of aryl methyl sites for hydroxylation is 1. The number of aromatic nitrogens is 1. The quantitative estimate of drug-likeness (QED) is 0.175. The molecule has 10 nitrogen and oxygen atoms in total. The van der Waals surface area contributed by atoms with E-state index in [1.165, 1.54) is 0 Å². The number of rotatable bonds is 11. The number of allylic oxidation sites excluding steroid dienone is 1. The zero-order valence-electron chi connectivity index (χ0n) is 23.6. The van der Waals surface area contributed by atoms with Gasteiger partial charge >= 0.3 is 0 Å². The number of fused-ring (bicyclic) bond motifs is 4. The number of thiazole rings is 1. The Balaban J connectivity index is 1.73. The smallest absolute Gasteiger partial charge is 0.269 e. The fraction of sp³-hybridized carbons (Fsp3) is 0.345. The molecule has 1 aliphatic rings. The van der Waals surface area contributed by atoms with Crippen LogP contribution in [0.4, 0.5) is 11.4 Å². The van der Waals surface area contributed by atoms with Gasteiger partial charge in [0.05, 0.1) is 40.9 Å². The van der Waals surface area contributed by atoms with E-state index in [-0.39, 0.29) is 24.3 Å². The van der Waals surface area contributed by atoms with Gasteiger partial charge in [-0.1, -0.05) is 42.5 Å². The summed E-state index contributed by atoms with van der Waals surface area (Å²) in [5, 5.41) is 3.05. The first-order valence-electron chi connectivity index (χ1n) is 13.6. The van der Waals surface area contributed by atoms with Gasteiger partial charge in [0, 0.05) is 26.1 Å². The van der Waals surface area contributed by atoms with E-state index >= 15 is 0 Å². The third-order valence-electron chi connectivity index (χ3n) is 7.44. The monoisotopic (exact) mass is 632 g/mol. The van der Waals surface area contributed by atoms with Crippen LogP contribution in [0.2, 0.25) is 0 Å². The maximum absolute atomic E-state index is 11.6. The first kappa shape index (κ1) is 30.2. The van der Waals surface area contributed by atoms with E-state index < -0.39 is 20.2 Å². The van der Waals surface area contributed by atoms with Crippen molar-refractivity contribution >= 4 is 69.5 Å². The van der Waals surface area contributed by atoms with Gasteiger partial charge in [-0.25, -0.2) is 0 Å². The molecule has 0 spiro atoms. The molecular weight excluding hydrogens is 599 g/mol. The van der Waals surface area contributed by atoms with Crippen molar-refractivity contribution in [2.24, 2.45) is 0 Å². The lowest BCUT2D eigenvalue weighted by atomic mass is 10.1. The minimum Gasteiger partial charge on any atom is -0.497 e. The molecule has 0 radical (unpaired) electrons. The molecule has 0 amide bonds. The summed E-state index contributed by atoms with van der Waals surface area (Å²) in [4.78, 5) is 4.14. The largest absolute Gasteiger partial charge is 0.497 e. The van der Waals surface area contributed by atoms with Gasteiger partial charge in [-0.3, -0.25) is 9.11 Å². The Kier molecular flexibility index (Phi) is 8.50. The lowest BCUT2D eigenvalue weighted by molar-refractivity contribution is -0.668. The van der Waals surface area contributed by atoms with Crippen LogP contribution >= 0.6 is 11.3 Å². The minimum atomic E-state index is -4.13. The van der Waals surface area contributed by atoms with Crippen molar-refractivity contribution in [3.05, 3.63) is 65.4 Å². The molecule has 2 N–H and O–H groups in total. The van der Waals surface area contributed by atoms with Crippen LogP contribution in [0.1, 0.15) is 31.2 Å². The molecule has 1 aromatic heterocycles. The van der Waals surface area contributed by atoms with E-state index in [0.717, 1.165) is 48.8 Å². The van der Waals surface area contributed by atoms with Crippen LogP contribution < -0.4 is 19.1 Å². The maximum atomic E-state index is 11.6. The van der Waals surface area contributed by atoms with Gasteiger partial charge < -0.3 is 14.5 Å². The van der Waals surface area contributed by atoms with Gasteiger partial charge in [0.1, 0.15) is 16.3 Å². The number of ether oxygens (including phenoxy) is 1. The van der Waals surface area contributed by atoms with Gasteiger partial charge in [-0.2, -0.15) is 21.4 Å². The van der Waals surface area contributed by atoms with Crippen molar-refractivity contribution in [1.29, 1.82) is 0 Å². The first-order valence-corrected chi connectivity index (χ1v) is 17.6. The molecule has 0 atom stereocenters. The molecule has 5 rings (SSSR count). The second-order valence-corrected chi connectivity index (χ2v) is 14.4. The fourth-order valence-electron chi connectivity index (χ4n) is 5.64. The summed E-state index contributed by atoms with van der Waals surface area (Å²) in [6, 6.07) is 18.0. The van der Waals surface area contributed by atoms with E-state index in [1.807, 2.05) is 43.4 Å². The standard InChI is InChI=1S/C29H33N3O7S3/c1-4-22(28-30(2)24-13-12-21(39-3)19-25(24)31(28)15-7-17-41(33,34)35)29-32(16-8-18-42(36,37)38)27-23-10-6-5-9-20(23)11-14-26(27)40-29/h5-6,9-14,19H,4,7-8,15-18H2,1-3H3,(H-,33,34,35,36,37,38)/p+1. The number of hydrogen-bond donors (Lipinski definition) is 2. The topological polar surface area (TPSA) is 128 Å². The summed E-state index contributed by atoms with van der Waals surface area (Å²) >= 11 is 1.61. The molecule has 42 heavy (non-hydrogen) atoms. The summed E-state index contributed by atoms with van der Waals surface area (Å²) in [6.07, 6.45) is 1.06. The highest BCUT2D eigenvalue weighted by atomic mass is 32.2. The van der Waals surface area contributed by atoms with Gasteiger partial charge in [0.15, 0.2) is 6.54 Å². The fourth-order valence-corrected chi connectivity index (χ4v) is 7.94. The molecule has 224 valence electrons. The summed E-state index contributed by atoms with van der Waals surface area (Å²) in [5.41, 5.74) is 3.77. The minimum absolute atomic E-state index is 0.204. The van der Waals surface area contributed by atoms with Crippen molar-refractivity contribution < 1.29 is 35.2 Å². The molecule has 13 heteroatoms. The Hall–Kier alpha value is -3.23. The van der Waals surface area contributed by atoms with E-state index in [1.54, 1.807) is 18.4 Å². The summed E-state index contributed by atoms with van der Waals surface area (Å²) < 4.78 is 73.9. The molecule has 3 aromatic carbocycles. The second kappa shape index (κ2) is 11.8. The lowest BCUT2D eigenvalue weighted by Crippen LogP contribution is -2.38. The molecule has 4 aromatic rings. The highest BCUT2D eigenvalue weighted by molar-refractivity contribution is 7.86. The molecule has 0 bridgehead atoms. The number of nitrogens with zero attached hydrogens (tertiary/aromatic N) is 3. The number of hydrogen-bond acceptors (Lipinski definition) is 8. The molecule has 0 saturated heterocycles. The van der Waals surface area contributed by atoms with Crippen LogP contribution in [0.5, 0.6) is 5.75 Å². The Morgan fingerprint density at radius 1 is 0.952 bits per heavy atom. The maximum Gasteiger partial charge on any atom is 0.269 e. The van der Waals surface area contributed by atoms with Crippen molar-refractivity contribution in [3.8, 4) is 5.75 Å². The van der Waals surface area contributed by atoms with E-state index in [2.05, 4.69) is 39.5 Å². The second-order valence-electron chi connectivity index (χ2n) is 10.2. The third-order valence-corrected chi connectivity index (χ3v) is 10.3. The Morgan fingerprint density at radius 3 is 2.36 bits per heavy atom. The Morgan fingerprint density at radius 2 is 1.67 bits per heavy atom. The van der Waals surface area contributed by atoms with Gasteiger partial charge in [0.2, 0.25) is 5.52 Å².